The lowest BCUT2D eigenvalue weighted by Crippen LogP contribution is -2.30. The average molecular weight is 438 g/mol. The highest BCUT2D eigenvalue weighted by atomic mass is 32.2. The molecule has 0 bridgehead atoms. The Morgan fingerprint density at radius 3 is 2.72 bits per heavy atom. The molecule has 1 aliphatic heterocycles. The van der Waals surface area contributed by atoms with Crippen molar-refractivity contribution < 1.29 is 23.4 Å². The molecule has 3 heterocycles. The molecule has 29 heavy (non-hydrogen) atoms. The summed E-state index contributed by atoms with van der Waals surface area (Å²) in [5.74, 6) is 0.445. The average Bonchev–Trinajstić information content (AvgIpc) is 3.23. The molecule has 4 N–H and O–H groups in total. The quantitative estimate of drug-likeness (QED) is 0.380. The minimum Gasteiger partial charge on any atom is -0.388 e. The SMILES string of the molecule is C[C@H]1O[C@@H](n2cnc3c(SCc4cccc(S(N)(=O)=O)c4)ncnc32)[C@H](O)[C@@H]1O. The van der Waals surface area contributed by atoms with Crippen LogP contribution in [-0.4, -0.2) is 56.5 Å². The molecule has 2 aromatic heterocycles. The minimum absolute atomic E-state index is 0.0489. The number of aliphatic hydroxyl groups is 2. The summed E-state index contributed by atoms with van der Waals surface area (Å²) in [5, 5.41) is 26.0. The zero-order valence-electron chi connectivity index (χ0n) is 15.3. The van der Waals surface area contributed by atoms with Crippen LogP contribution in [0.25, 0.3) is 11.2 Å². The molecule has 1 saturated heterocycles. The van der Waals surface area contributed by atoms with Gasteiger partial charge in [0.25, 0.3) is 0 Å². The maximum atomic E-state index is 11.5. The number of nitrogens with two attached hydrogens (primary N) is 1. The van der Waals surface area contributed by atoms with Crippen molar-refractivity contribution in [2.75, 3.05) is 0 Å². The molecule has 0 unspecified atom stereocenters. The number of ether oxygens (including phenoxy) is 1. The lowest BCUT2D eigenvalue weighted by atomic mass is 10.1. The number of aromatic nitrogens is 4. The molecule has 0 radical (unpaired) electrons. The summed E-state index contributed by atoms with van der Waals surface area (Å²) >= 11 is 1.36. The molecule has 3 aromatic rings. The summed E-state index contributed by atoms with van der Waals surface area (Å²) in [7, 11) is -3.77. The van der Waals surface area contributed by atoms with E-state index >= 15 is 0 Å². The Morgan fingerprint density at radius 1 is 1.24 bits per heavy atom. The Balaban J connectivity index is 1.59. The first kappa shape index (κ1) is 20.2. The van der Waals surface area contributed by atoms with Gasteiger partial charge in [0.05, 0.1) is 17.3 Å². The number of rotatable bonds is 5. The Bertz CT molecular complexity index is 1150. The first-order valence-electron chi connectivity index (χ1n) is 8.69. The van der Waals surface area contributed by atoms with Crippen molar-refractivity contribution in [2.45, 2.75) is 47.1 Å². The molecule has 0 amide bonds. The Kier molecular flexibility index (Phi) is 5.31. The van der Waals surface area contributed by atoms with Crippen LogP contribution < -0.4 is 5.14 Å². The fourth-order valence-electron chi connectivity index (χ4n) is 3.14. The molecular formula is C17H19N5O5S2. The van der Waals surface area contributed by atoms with Gasteiger partial charge in [-0.05, 0) is 24.6 Å². The maximum Gasteiger partial charge on any atom is 0.238 e. The first-order chi connectivity index (χ1) is 13.8. The van der Waals surface area contributed by atoms with Gasteiger partial charge in [-0.1, -0.05) is 23.9 Å². The van der Waals surface area contributed by atoms with Crippen LogP contribution >= 0.6 is 11.8 Å². The van der Waals surface area contributed by atoms with Crippen molar-refractivity contribution in [3.05, 3.63) is 42.5 Å². The maximum absolute atomic E-state index is 11.5. The second kappa shape index (κ2) is 7.63. The summed E-state index contributed by atoms with van der Waals surface area (Å²) in [4.78, 5) is 12.9. The predicted octanol–water partition coefficient (Wildman–Crippen LogP) is 0.405. The van der Waals surface area contributed by atoms with Crippen molar-refractivity contribution in [1.82, 2.24) is 19.5 Å². The van der Waals surface area contributed by atoms with Crippen LogP contribution in [0.2, 0.25) is 0 Å². The monoisotopic (exact) mass is 437 g/mol. The number of hydrogen-bond donors (Lipinski definition) is 3. The molecule has 1 aliphatic rings. The molecule has 154 valence electrons. The van der Waals surface area contributed by atoms with Crippen molar-refractivity contribution in [1.29, 1.82) is 0 Å². The fourth-order valence-corrected chi connectivity index (χ4v) is 4.61. The van der Waals surface area contributed by atoms with E-state index in [2.05, 4.69) is 15.0 Å². The van der Waals surface area contributed by atoms with Gasteiger partial charge in [-0.15, -0.1) is 0 Å². The summed E-state index contributed by atoms with van der Waals surface area (Å²) in [5.41, 5.74) is 1.75. The van der Waals surface area contributed by atoms with Crippen LogP contribution in [0, 0.1) is 0 Å². The standard InChI is InChI=1S/C17H19N5O5S2/c1-9-13(23)14(24)17(27-9)22-8-21-12-15(22)19-7-20-16(12)28-6-10-3-2-4-11(5-10)29(18,25)26/h2-5,7-9,13-14,17,23-24H,6H2,1H3,(H2,18,25,26)/t9-,13-,14-,17-/m1/s1. The molecular weight excluding hydrogens is 418 g/mol. The normalized spacial score (nSPS) is 25.0. The Hall–Kier alpha value is -2.09. The van der Waals surface area contributed by atoms with Gasteiger partial charge < -0.3 is 14.9 Å². The van der Waals surface area contributed by atoms with Gasteiger partial charge in [-0.2, -0.15) is 0 Å². The van der Waals surface area contributed by atoms with E-state index in [0.29, 0.717) is 21.9 Å². The molecule has 0 saturated carbocycles. The molecule has 4 rings (SSSR count). The van der Waals surface area contributed by atoms with Crippen LogP contribution in [0.4, 0.5) is 0 Å². The molecule has 1 aromatic carbocycles. The third kappa shape index (κ3) is 3.86. The van der Waals surface area contributed by atoms with E-state index in [4.69, 9.17) is 9.88 Å². The molecule has 12 heteroatoms. The highest BCUT2D eigenvalue weighted by Gasteiger charge is 2.42. The Labute approximate surface area is 170 Å². The third-order valence-electron chi connectivity index (χ3n) is 4.68. The van der Waals surface area contributed by atoms with E-state index in [-0.39, 0.29) is 4.90 Å². The van der Waals surface area contributed by atoms with E-state index in [9.17, 15) is 18.6 Å². The van der Waals surface area contributed by atoms with Crippen LogP contribution in [0.3, 0.4) is 0 Å². The second-order valence-electron chi connectivity index (χ2n) is 6.70. The van der Waals surface area contributed by atoms with E-state index in [0.717, 1.165) is 5.56 Å². The molecule has 0 spiro atoms. The van der Waals surface area contributed by atoms with Crippen molar-refractivity contribution >= 4 is 32.9 Å². The second-order valence-corrected chi connectivity index (χ2v) is 9.22. The van der Waals surface area contributed by atoms with Crippen LogP contribution in [0.1, 0.15) is 18.7 Å². The van der Waals surface area contributed by atoms with E-state index in [1.54, 1.807) is 23.6 Å². The molecule has 4 atom stereocenters. The zero-order valence-corrected chi connectivity index (χ0v) is 16.9. The van der Waals surface area contributed by atoms with Crippen molar-refractivity contribution in [2.24, 2.45) is 5.14 Å². The first-order valence-corrected chi connectivity index (χ1v) is 11.2. The van der Waals surface area contributed by atoms with E-state index < -0.39 is 34.6 Å². The number of sulfonamides is 1. The number of thioether (sulfide) groups is 1. The number of benzene rings is 1. The van der Waals surface area contributed by atoms with Crippen molar-refractivity contribution in [3.8, 4) is 0 Å². The summed E-state index contributed by atoms with van der Waals surface area (Å²) < 4.78 is 30.3. The van der Waals surface area contributed by atoms with Gasteiger partial charge in [0, 0.05) is 5.75 Å². The third-order valence-corrected chi connectivity index (χ3v) is 6.64. The zero-order chi connectivity index (χ0) is 20.8. The largest absolute Gasteiger partial charge is 0.388 e. The lowest BCUT2D eigenvalue weighted by Gasteiger charge is -2.16. The van der Waals surface area contributed by atoms with Gasteiger partial charge in [-0.3, -0.25) is 4.57 Å². The summed E-state index contributed by atoms with van der Waals surface area (Å²) in [6, 6.07) is 6.39. The number of aliphatic hydroxyl groups excluding tert-OH is 2. The van der Waals surface area contributed by atoms with E-state index in [1.807, 2.05) is 0 Å². The number of nitrogens with zero attached hydrogens (tertiary/aromatic N) is 4. The van der Waals surface area contributed by atoms with Crippen LogP contribution in [0.5, 0.6) is 0 Å². The number of fused-ring (bicyclic) bond motifs is 1. The van der Waals surface area contributed by atoms with Crippen molar-refractivity contribution in [3.63, 3.8) is 0 Å². The van der Waals surface area contributed by atoms with Gasteiger partial charge in [0.15, 0.2) is 11.9 Å². The minimum atomic E-state index is -3.77. The van der Waals surface area contributed by atoms with Crippen LogP contribution in [0.15, 0.2) is 46.8 Å². The lowest BCUT2D eigenvalue weighted by molar-refractivity contribution is -0.0299. The topological polar surface area (TPSA) is 153 Å². The summed E-state index contributed by atoms with van der Waals surface area (Å²) in [6.07, 6.45) is -0.554. The van der Waals surface area contributed by atoms with Gasteiger partial charge in [0.1, 0.15) is 29.1 Å². The predicted molar refractivity (Wildman–Crippen MR) is 104 cm³/mol. The number of imidazole rings is 1. The summed E-state index contributed by atoms with van der Waals surface area (Å²) in [6.45, 7) is 1.68. The van der Waals surface area contributed by atoms with Gasteiger partial charge in [0.2, 0.25) is 10.0 Å². The molecule has 0 aliphatic carbocycles. The molecule has 10 nitrogen and oxygen atoms in total. The highest BCUT2D eigenvalue weighted by Crippen LogP contribution is 2.33. The van der Waals surface area contributed by atoms with Gasteiger partial charge in [-0.25, -0.2) is 28.5 Å². The molecule has 1 fully saturated rings. The highest BCUT2D eigenvalue weighted by molar-refractivity contribution is 7.98. The Morgan fingerprint density at radius 2 is 2.03 bits per heavy atom. The fraction of sp³-hybridized carbons (Fsp3) is 0.353. The van der Waals surface area contributed by atoms with Crippen LogP contribution in [-0.2, 0) is 20.5 Å². The van der Waals surface area contributed by atoms with E-state index in [1.165, 1.54) is 36.5 Å². The smallest absolute Gasteiger partial charge is 0.238 e. The van der Waals surface area contributed by atoms with Gasteiger partial charge >= 0.3 is 0 Å². The number of hydrogen-bond acceptors (Lipinski definition) is 9. The number of primary sulfonamides is 1.